The van der Waals surface area contributed by atoms with Crippen LogP contribution in [-0.4, -0.2) is 33.6 Å². The van der Waals surface area contributed by atoms with E-state index in [0.29, 0.717) is 24.2 Å². The maximum absolute atomic E-state index is 11.0. The fraction of sp³-hybridized carbons (Fsp3) is 0.250. The van der Waals surface area contributed by atoms with E-state index in [4.69, 9.17) is 0 Å². The average molecular weight is 302 g/mol. The first-order chi connectivity index (χ1) is 10.5. The van der Waals surface area contributed by atoms with Gasteiger partial charge in [0.1, 0.15) is 5.75 Å². The summed E-state index contributed by atoms with van der Waals surface area (Å²) >= 11 is 0. The van der Waals surface area contributed by atoms with Crippen LogP contribution in [0.25, 0.3) is 0 Å². The number of nitro groups is 1. The van der Waals surface area contributed by atoms with E-state index < -0.39 is 11.0 Å². The summed E-state index contributed by atoms with van der Waals surface area (Å²) < 4.78 is 0. The number of hydrogen-bond donors (Lipinski definition) is 2. The predicted octanol–water partition coefficient (Wildman–Crippen LogP) is 2.47. The summed E-state index contributed by atoms with van der Waals surface area (Å²) in [6.07, 6.45) is -0.778. The fourth-order valence-electron chi connectivity index (χ4n) is 2.31. The summed E-state index contributed by atoms with van der Waals surface area (Å²) in [5.41, 5.74) is 1.27. The zero-order chi connectivity index (χ0) is 16.1. The molecule has 0 aliphatic carbocycles. The van der Waals surface area contributed by atoms with E-state index in [0.717, 1.165) is 0 Å². The normalized spacial score (nSPS) is 12.3. The highest BCUT2D eigenvalue weighted by atomic mass is 16.6. The lowest BCUT2D eigenvalue weighted by Gasteiger charge is -2.21. The highest BCUT2D eigenvalue weighted by Crippen LogP contribution is 2.22. The summed E-state index contributed by atoms with van der Waals surface area (Å²) in [4.78, 5) is 12.4. The minimum atomic E-state index is -0.778. The van der Waals surface area contributed by atoms with Gasteiger partial charge in [-0.25, -0.2) is 0 Å². The number of phenols is 1. The van der Waals surface area contributed by atoms with Gasteiger partial charge in [0.25, 0.3) is 5.69 Å². The van der Waals surface area contributed by atoms with Crippen LogP contribution in [-0.2, 0) is 6.54 Å². The first kappa shape index (κ1) is 15.9. The molecule has 1 atom stereocenters. The van der Waals surface area contributed by atoms with Gasteiger partial charge in [-0.1, -0.05) is 30.3 Å². The molecule has 0 aliphatic rings. The number of nitro benzene ring substituents is 1. The fourth-order valence-corrected chi connectivity index (χ4v) is 2.31. The largest absolute Gasteiger partial charge is 0.508 e. The number of hydrogen-bond acceptors (Lipinski definition) is 5. The van der Waals surface area contributed by atoms with Crippen molar-refractivity contribution < 1.29 is 15.1 Å². The van der Waals surface area contributed by atoms with Gasteiger partial charge < -0.3 is 10.2 Å². The number of aromatic hydroxyl groups is 1. The van der Waals surface area contributed by atoms with Crippen molar-refractivity contribution in [2.75, 3.05) is 13.6 Å². The van der Waals surface area contributed by atoms with E-state index in [1.54, 1.807) is 42.3 Å². The van der Waals surface area contributed by atoms with Crippen molar-refractivity contribution >= 4 is 5.69 Å². The zero-order valence-corrected chi connectivity index (χ0v) is 12.2. The Morgan fingerprint density at radius 3 is 2.64 bits per heavy atom. The van der Waals surface area contributed by atoms with Gasteiger partial charge in [0.15, 0.2) is 0 Å². The second kappa shape index (κ2) is 7.02. The summed E-state index contributed by atoms with van der Waals surface area (Å²) in [6.45, 7) is 0.655. The summed E-state index contributed by atoms with van der Waals surface area (Å²) in [6, 6.07) is 13.0. The quantitative estimate of drug-likeness (QED) is 0.632. The third-order valence-electron chi connectivity index (χ3n) is 3.37. The van der Waals surface area contributed by atoms with Gasteiger partial charge in [0, 0.05) is 24.7 Å². The SMILES string of the molecule is CN(Cc1ccccc1[N+](=O)[O-])CC(O)c1cccc(O)c1. The van der Waals surface area contributed by atoms with Crippen LogP contribution in [0.15, 0.2) is 48.5 Å². The predicted molar refractivity (Wildman–Crippen MR) is 82.5 cm³/mol. The molecule has 6 nitrogen and oxygen atoms in total. The summed E-state index contributed by atoms with van der Waals surface area (Å²) in [5, 5.41) is 30.6. The Morgan fingerprint density at radius 2 is 1.95 bits per heavy atom. The van der Waals surface area contributed by atoms with Crippen molar-refractivity contribution in [3.63, 3.8) is 0 Å². The zero-order valence-electron chi connectivity index (χ0n) is 12.2. The molecule has 0 amide bonds. The van der Waals surface area contributed by atoms with Gasteiger partial charge in [-0.2, -0.15) is 0 Å². The van der Waals surface area contributed by atoms with Gasteiger partial charge in [0.2, 0.25) is 0 Å². The van der Waals surface area contributed by atoms with Crippen LogP contribution in [0.1, 0.15) is 17.2 Å². The molecule has 0 bridgehead atoms. The standard InChI is InChI=1S/C16H18N2O4/c1-17(10-13-5-2-3-8-15(13)18(21)22)11-16(20)12-6-4-7-14(19)9-12/h2-9,16,19-20H,10-11H2,1H3. The van der Waals surface area contributed by atoms with E-state index in [2.05, 4.69) is 0 Å². The van der Waals surface area contributed by atoms with E-state index in [-0.39, 0.29) is 11.4 Å². The van der Waals surface area contributed by atoms with E-state index in [1.165, 1.54) is 18.2 Å². The molecule has 2 aromatic rings. The second-order valence-corrected chi connectivity index (χ2v) is 5.19. The molecular formula is C16H18N2O4. The maximum Gasteiger partial charge on any atom is 0.273 e. The lowest BCUT2D eigenvalue weighted by Crippen LogP contribution is -2.24. The molecule has 116 valence electrons. The Kier molecular flexibility index (Phi) is 5.08. The van der Waals surface area contributed by atoms with E-state index in [9.17, 15) is 20.3 Å². The van der Waals surface area contributed by atoms with Gasteiger partial charge in [0.05, 0.1) is 11.0 Å². The smallest absolute Gasteiger partial charge is 0.273 e. The molecule has 2 N–H and O–H groups in total. The lowest BCUT2D eigenvalue weighted by atomic mass is 10.1. The van der Waals surface area contributed by atoms with Crippen molar-refractivity contribution in [2.45, 2.75) is 12.6 Å². The number of phenolic OH excluding ortho intramolecular Hbond substituents is 1. The Labute approximate surface area is 128 Å². The van der Waals surface area contributed by atoms with Crippen LogP contribution in [0.4, 0.5) is 5.69 Å². The van der Waals surface area contributed by atoms with Crippen molar-refractivity contribution in [3.05, 3.63) is 69.8 Å². The average Bonchev–Trinajstić information content (AvgIpc) is 2.47. The van der Waals surface area contributed by atoms with Crippen molar-refractivity contribution in [1.82, 2.24) is 4.90 Å². The molecule has 2 aromatic carbocycles. The van der Waals surface area contributed by atoms with Crippen LogP contribution >= 0.6 is 0 Å². The topological polar surface area (TPSA) is 86.8 Å². The molecule has 22 heavy (non-hydrogen) atoms. The van der Waals surface area contributed by atoms with Crippen LogP contribution < -0.4 is 0 Å². The number of aliphatic hydroxyl groups is 1. The molecule has 0 aromatic heterocycles. The Hall–Kier alpha value is -2.44. The molecule has 0 radical (unpaired) electrons. The molecule has 0 aliphatic heterocycles. The minimum absolute atomic E-state index is 0.0706. The number of rotatable bonds is 6. The van der Waals surface area contributed by atoms with E-state index >= 15 is 0 Å². The Morgan fingerprint density at radius 1 is 1.23 bits per heavy atom. The second-order valence-electron chi connectivity index (χ2n) is 5.19. The monoisotopic (exact) mass is 302 g/mol. The molecule has 0 saturated carbocycles. The maximum atomic E-state index is 11.0. The van der Waals surface area contributed by atoms with Gasteiger partial charge >= 0.3 is 0 Å². The Balaban J connectivity index is 2.04. The van der Waals surface area contributed by atoms with Gasteiger partial charge in [-0.05, 0) is 24.7 Å². The van der Waals surface area contributed by atoms with Crippen LogP contribution in [0.5, 0.6) is 5.75 Å². The van der Waals surface area contributed by atoms with Crippen LogP contribution in [0.3, 0.4) is 0 Å². The molecular weight excluding hydrogens is 284 g/mol. The van der Waals surface area contributed by atoms with Crippen LogP contribution in [0.2, 0.25) is 0 Å². The molecule has 6 heteroatoms. The van der Waals surface area contributed by atoms with Crippen molar-refractivity contribution in [3.8, 4) is 5.75 Å². The lowest BCUT2D eigenvalue weighted by molar-refractivity contribution is -0.385. The molecule has 0 saturated heterocycles. The molecule has 0 spiro atoms. The van der Waals surface area contributed by atoms with Gasteiger partial charge in [-0.15, -0.1) is 0 Å². The molecule has 0 heterocycles. The summed E-state index contributed by atoms with van der Waals surface area (Å²) in [5.74, 6) is 0.0953. The number of benzene rings is 2. The third kappa shape index (κ3) is 4.03. The summed E-state index contributed by atoms with van der Waals surface area (Å²) in [7, 11) is 1.78. The highest BCUT2D eigenvalue weighted by molar-refractivity contribution is 5.39. The van der Waals surface area contributed by atoms with Crippen molar-refractivity contribution in [1.29, 1.82) is 0 Å². The number of aliphatic hydroxyl groups excluding tert-OH is 1. The Bertz CT molecular complexity index is 660. The first-order valence-corrected chi connectivity index (χ1v) is 6.85. The first-order valence-electron chi connectivity index (χ1n) is 6.85. The molecule has 1 unspecified atom stereocenters. The van der Waals surface area contributed by atoms with Crippen molar-refractivity contribution in [2.24, 2.45) is 0 Å². The van der Waals surface area contributed by atoms with E-state index in [1.807, 2.05) is 0 Å². The highest BCUT2D eigenvalue weighted by Gasteiger charge is 2.16. The van der Waals surface area contributed by atoms with Crippen LogP contribution in [0, 0.1) is 10.1 Å². The number of para-hydroxylation sites is 1. The molecule has 2 rings (SSSR count). The number of nitrogens with zero attached hydrogens (tertiary/aromatic N) is 2. The molecule has 0 fully saturated rings. The minimum Gasteiger partial charge on any atom is -0.508 e. The third-order valence-corrected chi connectivity index (χ3v) is 3.37. The van der Waals surface area contributed by atoms with Gasteiger partial charge in [-0.3, -0.25) is 15.0 Å². The number of likely N-dealkylation sites (N-methyl/N-ethyl adjacent to an activating group) is 1.